The number of ether oxygens (including phenoxy) is 2. The van der Waals surface area contributed by atoms with E-state index in [2.05, 4.69) is 94.4 Å². The summed E-state index contributed by atoms with van der Waals surface area (Å²) in [5.41, 5.74) is 0. The number of carbonyl (C=O) groups excluding carboxylic acids is 2. The molecule has 47 heavy (non-hydrogen) atoms. The summed E-state index contributed by atoms with van der Waals surface area (Å²) < 4.78 is 22.9. The first-order valence-corrected chi connectivity index (χ1v) is 29.5. The molecule has 0 aromatic carbocycles. The van der Waals surface area contributed by atoms with Crippen LogP contribution in [0.1, 0.15) is 148 Å². The van der Waals surface area contributed by atoms with E-state index >= 15 is 0 Å². The van der Waals surface area contributed by atoms with Crippen molar-refractivity contribution in [1.29, 1.82) is 0 Å². The van der Waals surface area contributed by atoms with Gasteiger partial charge in [0.1, 0.15) is 0 Å². The molecule has 0 rings (SSSR count). The molecule has 0 radical (unpaired) electrons. The van der Waals surface area contributed by atoms with Crippen molar-refractivity contribution in [2.24, 2.45) is 0 Å². The van der Waals surface area contributed by atoms with Crippen molar-refractivity contribution >= 4 is 38.9 Å². The topological polar surface area (TPSA) is 68.3 Å². The van der Waals surface area contributed by atoms with Crippen LogP contribution in [0.4, 0.5) is 9.59 Å². The number of unbranched alkanes of at least 4 members (excludes halogenated alkanes) is 3. The maximum atomic E-state index is 14.0. The standard InChI is InChI=1S/C26H49N2O5Si.3C4H9.Sn/c1-19(2)27(20(3)4)24(29)31-17-14-15-23(33-34(12,13)26(9,10)11)16-18-32-25(30)28(21(5)6)22(7)8;3*1-3-4-2;/h17,19-23H,14-15H2,1-13H3;3*1,3-4H2,2H3;/t23-;;;;/m0..../s1. The Morgan fingerprint density at radius 2 is 1.11 bits per heavy atom. The van der Waals surface area contributed by atoms with Gasteiger partial charge >= 0.3 is 298 Å². The molecule has 0 unspecified atom stereocenters. The summed E-state index contributed by atoms with van der Waals surface area (Å²) in [5.74, 6) is 3.23. The molecular formula is C38H76N2O5SiSn. The molecule has 7 nitrogen and oxygen atoms in total. The second kappa shape index (κ2) is 22.0. The van der Waals surface area contributed by atoms with Gasteiger partial charge in [-0.25, -0.2) is 0 Å². The average Bonchev–Trinajstić information content (AvgIpc) is 2.93. The van der Waals surface area contributed by atoms with Gasteiger partial charge in [0.05, 0.1) is 0 Å². The fourth-order valence-corrected chi connectivity index (χ4v) is 24.8. The van der Waals surface area contributed by atoms with Crippen LogP contribution < -0.4 is 0 Å². The fourth-order valence-electron chi connectivity index (χ4n) is 6.34. The minimum absolute atomic E-state index is 0.00486. The van der Waals surface area contributed by atoms with E-state index in [1.54, 1.807) is 4.90 Å². The average molecular weight is 788 g/mol. The second-order valence-corrected chi connectivity index (χ2v) is 34.9. The van der Waals surface area contributed by atoms with Crippen molar-refractivity contribution in [3.05, 3.63) is 0 Å². The van der Waals surface area contributed by atoms with Crippen LogP contribution in [0, 0.1) is 12.0 Å². The van der Waals surface area contributed by atoms with Gasteiger partial charge in [-0.3, -0.25) is 0 Å². The molecule has 0 heterocycles. The number of amides is 2. The third-order valence-electron chi connectivity index (χ3n) is 9.95. The predicted octanol–water partition coefficient (Wildman–Crippen LogP) is 11.4. The van der Waals surface area contributed by atoms with Gasteiger partial charge in [0.15, 0.2) is 0 Å². The first-order valence-electron chi connectivity index (χ1n) is 18.9. The van der Waals surface area contributed by atoms with Gasteiger partial charge in [-0.1, -0.05) is 0 Å². The quantitative estimate of drug-likeness (QED) is 0.0908. The van der Waals surface area contributed by atoms with Crippen LogP contribution in [-0.2, 0) is 13.9 Å². The summed E-state index contributed by atoms with van der Waals surface area (Å²) in [6.45, 7) is 34.2. The predicted molar refractivity (Wildman–Crippen MR) is 205 cm³/mol. The Bertz CT molecular complexity index is 930. The molecule has 0 saturated heterocycles. The Balaban J connectivity index is 6.85. The summed E-state index contributed by atoms with van der Waals surface area (Å²) in [6.07, 6.45) is 10.1. The molecule has 0 saturated carbocycles. The number of rotatable bonds is 20. The van der Waals surface area contributed by atoms with Crippen molar-refractivity contribution in [1.82, 2.24) is 9.80 Å². The monoisotopic (exact) mass is 788 g/mol. The van der Waals surface area contributed by atoms with Gasteiger partial charge < -0.3 is 0 Å². The van der Waals surface area contributed by atoms with Gasteiger partial charge in [-0.2, -0.15) is 0 Å². The molecule has 0 aliphatic carbocycles. The zero-order chi connectivity index (χ0) is 36.6. The van der Waals surface area contributed by atoms with Crippen LogP contribution >= 0.6 is 0 Å². The molecule has 0 spiro atoms. The molecule has 0 aromatic rings. The first-order chi connectivity index (χ1) is 21.7. The normalized spacial score (nSPS) is 13.9. The Morgan fingerprint density at radius 3 is 1.47 bits per heavy atom. The summed E-state index contributed by atoms with van der Waals surface area (Å²) >= 11 is -3.07. The van der Waals surface area contributed by atoms with E-state index in [9.17, 15) is 9.59 Å². The Hall–Kier alpha value is -0.924. The van der Waals surface area contributed by atoms with E-state index in [0.717, 1.165) is 25.7 Å². The number of nitrogens with zero attached hydrogens (tertiary/aromatic N) is 2. The Labute approximate surface area is 297 Å². The summed E-state index contributed by atoms with van der Waals surface area (Å²) in [7, 11) is -2.22. The Kier molecular flexibility index (Phi) is 21.6. The molecule has 2 atom stereocenters. The molecule has 0 N–H and O–H groups in total. The first kappa shape index (κ1) is 46.1. The summed E-state index contributed by atoms with van der Waals surface area (Å²) in [5, 5.41) is -0.0110. The number of hydrogen-bond acceptors (Lipinski definition) is 5. The zero-order valence-corrected chi connectivity index (χ0v) is 37.5. The third-order valence-corrected chi connectivity index (χ3v) is 31.0. The molecule has 0 bridgehead atoms. The van der Waals surface area contributed by atoms with Gasteiger partial charge in [0, 0.05) is 0 Å². The SMILES string of the molecule is CCC[CH2][Sn]([CH2]CCC)([CH2]CCC)[C@@H](CC[C@@H](C#COC(=O)N(C(C)C)C(C)C)O[Si](C)(C)C(C)(C)C)OC(=O)N(C(C)C)C(C)C. The minimum atomic E-state index is -3.07. The summed E-state index contributed by atoms with van der Waals surface area (Å²) in [6, 6.07) is 0.123. The molecule has 0 fully saturated rings. The molecular weight excluding hydrogens is 711 g/mol. The van der Waals surface area contributed by atoms with E-state index < -0.39 is 38.9 Å². The number of carbonyl (C=O) groups is 2. The van der Waals surface area contributed by atoms with Crippen LogP contribution in [0.5, 0.6) is 0 Å². The van der Waals surface area contributed by atoms with E-state index in [4.69, 9.17) is 13.9 Å². The second-order valence-electron chi connectivity index (χ2n) is 16.3. The molecule has 0 aliphatic heterocycles. The van der Waals surface area contributed by atoms with E-state index in [-0.39, 0.29) is 39.4 Å². The van der Waals surface area contributed by atoms with Crippen molar-refractivity contribution in [3.8, 4) is 12.0 Å². The van der Waals surface area contributed by atoms with Gasteiger partial charge in [0.2, 0.25) is 0 Å². The molecule has 0 aliphatic rings. The van der Waals surface area contributed by atoms with Crippen LogP contribution in [0.25, 0.3) is 0 Å². The van der Waals surface area contributed by atoms with E-state index in [0.29, 0.717) is 6.42 Å². The molecule has 276 valence electrons. The van der Waals surface area contributed by atoms with Crippen LogP contribution in [-0.4, -0.2) is 83.1 Å². The van der Waals surface area contributed by atoms with Crippen LogP contribution in [0.15, 0.2) is 0 Å². The van der Waals surface area contributed by atoms with Crippen molar-refractivity contribution in [3.63, 3.8) is 0 Å². The van der Waals surface area contributed by atoms with E-state index in [1.165, 1.54) is 32.6 Å². The third kappa shape index (κ3) is 15.7. The maximum absolute atomic E-state index is 14.0. The van der Waals surface area contributed by atoms with Crippen molar-refractivity contribution in [2.45, 2.75) is 214 Å². The van der Waals surface area contributed by atoms with Crippen LogP contribution in [0.3, 0.4) is 0 Å². The van der Waals surface area contributed by atoms with Crippen LogP contribution in [0.2, 0.25) is 31.4 Å². The van der Waals surface area contributed by atoms with Crippen molar-refractivity contribution < 1.29 is 23.5 Å². The fraction of sp³-hybridized carbons (Fsp3) is 0.895. The van der Waals surface area contributed by atoms with Gasteiger partial charge in [-0.15, -0.1) is 0 Å². The zero-order valence-electron chi connectivity index (χ0n) is 33.7. The van der Waals surface area contributed by atoms with E-state index in [1.807, 2.05) is 32.6 Å². The molecule has 0 aromatic heterocycles. The Morgan fingerprint density at radius 1 is 0.702 bits per heavy atom. The van der Waals surface area contributed by atoms with Gasteiger partial charge in [-0.05, 0) is 0 Å². The van der Waals surface area contributed by atoms with Gasteiger partial charge in [0.25, 0.3) is 0 Å². The molecule has 9 heteroatoms. The molecule has 2 amide bonds. The number of hydrogen-bond donors (Lipinski definition) is 0. The summed E-state index contributed by atoms with van der Waals surface area (Å²) in [4.78, 5) is 30.5. The van der Waals surface area contributed by atoms with Crippen molar-refractivity contribution in [2.75, 3.05) is 0 Å².